The van der Waals surface area contributed by atoms with Crippen molar-refractivity contribution >= 4 is 17.5 Å². The minimum Gasteiger partial charge on any atom is -0.337 e. The molecule has 2 aliphatic heterocycles. The summed E-state index contributed by atoms with van der Waals surface area (Å²) in [4.78, 5) is 29.2. The summed E-state index contributed by atoms with van der Waals surface area (Å²) in [6.45, 7) is 9.01. The van der Waals surface area contributed by atoms with Crippen molar-refractivity contribution in [3.8, 4) is 0 Å². The maximum Gasteiger partial charge on any atom is 0.239 e. The van der Waals surface area contributed by atoms with Gasteiger partial charge < -0.3 is 15.1 Å². The molecule has 2 fully saturated rings. The van der Waals surface area contributed by atoms with E-state index in [1.54, 1.807) is 4.90 Å². The Bertz CT molecular complexity index is 608. The largest absolute Gasteiger partial charge is 0.337 e. The predicted octanol–water partition coefficient (Wildman–Crippen LogP) is 1.48. The first-order valence-corrected chi connectivity index (χ1v) is 8.38. The second kappa shape index (κ2) is 6.32. The molecule has 5 heteroatoms. The summed E-state index contributed by atoms with van der Waals surface area (Å²) in [5.74, 6) is -0.571. The lowest BCUT2D eigenvalue weighted by Crippen LogP contribution is -2.54. The molecule has 2 saturated heterocycles. The van der Waals surface area contributed by atoms with Gasteiger partial charge in [-0.2, -0.15) is 0 Å². The summed E-state index contributed by atoms with van der Waals surface area (Å²) in [6.07, 6.45) is 0.612. The Hall–Kier alpha value is -1.88. The normalized spacial score (nSPS) is 25.1. The van der Waals surface area contributed by atoms with Gasteiger partial charge in [0.1, 0.15) is 5.92 Å². The third-order valence-electron chi connectivity index (χ3n) is 4.81. The van der Waals surface area contributed by atoms with Gasteiger partial charge in [0, 0.05) is 37.9 Å². The van der Waals surface area contributed by atoms with Crippen LogP contribution >= 0.6 is 0 Å². The maximum absolute atomic E-state index is 12.8. The van der Waals surface area contributed by atoms with Gasteiger partial charge in [-0.3, -0.25) is 9.59 Å². The van der Waals surface area contributed by atoms with Crippen molar-refractivity contribution in [3.05, 3.63) is 29.3 Å². The summed E-state index contributed by atoms with van der Waals surface area (Å²) in [5.41, 5.74) is 3.19. The number of carbonyl (C=O) groups is 2. The lowest BCUT2D eigenvalue weighted by molar-refractivity contribution is -0.142. The number of nitrogens with zero attached hydrogens (tertiary/aromatic N) is 2. The number of piperazine rings is 1. The van der Waals surface area contributed by atoms with Crippen molar-refractivity contribution < 1.29 is 9.59 Å². The van der Waals surface area contributed by atoms with Crippen molar-refractivity contribution in [2.45, 2.75) is 33.2 Å². The topological polar surface area (TPSA) is 52.7 Å². The summed E-state index contributed by atoms with van der Waals surface area (Å²) in [5, 5.41) is 3.28. The molecule has 124 valence electrons. The van der Waals surface area contributed by atoms with E-state index in [0.29, 0.717) is 19.5 Å². The number of hydrogen-bond acceptors (Lipinski definition) is 3. The fraction of sp³-hybridized carbons (Fsp3) is 0.556. The van der Waals surface area contributed by atoms with Crippen LogP contribution in [0, 0.1) is 19.8 Å². The molecule has 0 spiro atoms. The molecule has 2 heterocycles. The van der Waals surface area contributed by atoms with Crippen LogP contribution in [0.1, 0.15) is 24.5 Å². The molecule has 0 aliphatic carbocycles. The molecule has 2 amide bonds. The van der Waals surface area contributed by atoms with Gasteiger partial charge in [0.25, 0.3) is 0 Å². The third kappa shape index (κ3) is 3.11. The number of amides is 2. The Labute approximate surface area is 137 Å². The van der Waals surface area contributed by atoms with Crippen molar-refractivity contribution in [1.82, 2.24) is 10.2 Å². The van der Waals surface area contributed by atoms with Crippen LogP contribution in [0.2, 0.25) is 0 Å². The van der Waals surface area contributed by atoms with E-state index < -0.39 is 5.92 Å². The van der Waals surface area contributed by atoms with Gasteiger partial charge in [-0.15, -0.1) is 0 Å². The lowest BCUT2D eigenvalue weighted by atomic mass is 10.0. The van der Waals surface area contributed by atoms with Crippen LogP contribution in [-0.2, 0) is 9.59 Å². The van der Waals surface area contributed by atoms with Gasteiger partial charge in [-0.05, 0) is 50.5 Å². The highest BCUT2D eigenvalue weighted by Gasteiger charge is 2.41. The van der Waals surface area contributed by atoms with E-state index in [4.69, 9.17) is 0 Å². The van der Waals surface area contributed by atoms with E-state index in [2.05, 4.69) is 11.4 Å². The maximum atomic E-state index is 12.8. The van der Waals surface area contributed by atoms with E-state index in [-0.39, 0.29) is 17.9 Å². The molecule has 1 aromatic carbocycles. The van der Waals surface area contributed by atoms with E-state index >= 15 is 0 Å². The Morgan fingerprint density at radius 1 is 1.17 bits per heavy atom. The van der Waals surface area contributed by atoms with E-state index in [1.807, 2.05) is 37.8 Å². The Balaban J connectivity index is 1.77. The molecule has 2 atom stereocenters. The molecule has 1 unspecified atom stereocenters. The first kappa shape index (κ1) is 16.0. The second-order valence-electron chi connectivity index (χ2n) is 6.76. The van der Waals surface area contributed by atoms with Crippen molar-refractivity contribution in [3.63, 3.8) is 0 Å². The monoisotopic (exact) mass is 315 g/mol. The highest BCUT2D eigenvalue weighted by Crippen LogP contribution is 2.28. The summed E-state index contributed by atoms with van der Waals surface area (Å²) >= 11 is 0. The molecule has 5 nitrogen and oxygen atoms in total. The van der Waals surface area contributed by atoms with Crippen LogP contribution in [0.5, 0.6) is 0 Å². The van der Waals surface area contributed by atoms with E-state index in [0.717, 1.165) is 29.9 Å². The van der Waals surface area contributed by atoms with Crippen LogP contribution in [0.4, 0.5) is 5.69 Å². The zero-order valence-electron chi connectivity index (χ0n) is 14.1. The van der Waals surface area contributed by atoms with E-state index in [9.17, 15) is 9.59 Å². The number of rotatable bonds is 2. The third-order valence-corrected chi connectivity index (χ3v) is 4.81. The summed E-state index contributed by atoms with van der Waals surface area (Å²) < 4.78 is 0. The number of nitrogens with one attached hydrogen (secondary N) is 1. The standard InChI is InChI=1S/C18H25N3O2/c1-12-8-13(2)10-15(9-12)21-6-4-16(18(21)23)17(22)20-7-5-19-11-14(20)3/h8-10,14,16,19H,4-7,11H2,1-3H3/t14-,16?/m1/s1. The molecule has 0 bridgehead atoms. The average Bonchev–Trinajstić information content (AvgIpc) is 2.88. The number of hydrogen-bond donors (Lipinski definition) is 1. The Morgan fingerprint density at radius 3 is 2.52 bits per heavy atom. The van der Waals surface area contributed by atoms with Crippen LogP contribution in [0.15, 0.2) is 18.2 Å². The highest BCUT2D eigenvalue weighted by molar-refractivity contribution is 6.09. The Kier molecular flexibility index (Phi) is 4.39. The van der Waals surface area contributed by atoms with Gasteiger partial charge in [0.15, 0.2) is 0 Å². The first-order chi connectivity index (χ1) is 11.0. The quantitative estimate of drug-likeness (QED) is 0.841. The van der Waals surface area contributed by atoms with Crippen LogP contribution in [0.3, 0.4) is 0 Å². The molecular formula is C18H25N3O2. The molecule has 23 heavy (non-hydrogen) atoms. The fourth-order valence-electron chi connectivity index (χ4n) is 3.64. The van der Waals surface area contributed by atoms with Crippen molar-refractivity contribution in [1.29, 1.82) is 0 Å². The zero-order chi connectivity index (χ0) is 16.6. The first-order valence-electron chi connectivity index (χ1n) is 8.38. The SMILES string of the molecule is Cc1cc(C)cc(N2CCC(C(=O)N3CCNC[C@H]3C)C2=O)c1. The molecule has 2 aliphatic rings. The minimum absolute atomic E-state index is 0.00382. The van der Waals surface area contributed by atoms with Gasteiger partial charge in [-0.25, -0.2) is 0 Å². The molecule has 0 aromatic heterocycles. The van der Waals surface area contributed by atoms with Crippen molar-refractivity contribution in [2.75, 3.05) is 31.1 Å². The van der Waals surface area contributed by atoms with Crippen LogP contribution in [0.25, 0.3) is 0 Å². The second-order valence-corrected chi connectivity index (χ2v) is 6.76. The molecule has 0 radical (unpaired) electrons. The van der Waals surface area contributed by atoms with Crippen LogP contribution < -0.4 is 10.2 Å². The van der Waals surface area contributed by atoms with E-state index in [1.165, 1.54) is 0 Å². The lowest BCUT2D eigenvalue weighted by Gasteiger charge is -2.35. The zero-order valence-corrected chi connectivity index (χ0v) is 14.1. The Morgan fingerprint density at radius 2 is 1.87 bits per heavy atom. The molecule has 3 rings (SSSR count). The smallest absolute Gasteiger partial charge is 0.239 e. The number of carbonyl (C=O) groups excluding carboxylic acids is 2. The molecular weight excluding hydrogens is 290 g/mol. The van der Waals surface area contributed by atoms with Gasteiger partial charge >= 0.3 is 0 Å². The fourth-order valence-corrected chi connectivity index (χ4v) is 3.64. The minimum atomic E-state index is -0.517. The number of aryl methyl sites for hydroxylation is 2. The molecule has 0 saturated carbocycles. The molecule has 1 aromatic rings. The summed E-state index contributed by atoms with van der Waals surface area (Å²) in [6, 6.07) is 6.28. The van der Waals surface area contributed by atoms with Crippen LogP contribution in [-0.4, -0.2) is 48.9 Å². The number of benzene rings is 1. The van der Waals surface area contributed by atoms with Gasteiger partial charge in [-0.1, -0.05) is 6.07 Å². The average molecular weight is 315 g/mol. The predicted molar refractivity (Wildman–Crippen MR) is 90.4 cm³/mol. The molecule has 1 N–H and O–H groups in total. The van der Waals surface area contributed by atoms with Gasteiger partial charge in [0.05, 0.1) is 0 Å². The highest BCUT2D eigenvalue weighted by atomic mass is 16.2. The number of anilines is 1. The van der Waals surface area contributed by atoms with Crippen molar-refractivity contribution in [2.24, 2.45) is 5.92 Å². The van der Waals surface area contributed by atoms with Gasteiger partial charge in [0.2, 0.25) is 11.8 Å². The summed E-state index contributed by atoms with van der Waals surface area (Å²) in [7, 11) is 0.